The highest BCUT2D eigenvalue weighted by Gasteiger charge is 2.91. The molecule has 296 valence electrons. The molecule has 5 fully saturated rings. The third kappa shape index (κ3) is 5.12. The van der Waals surface area contributed by atoms with E-state index in [0.717, 1.165) is 93.3 Å². The van der Waals surface area contributed by atoms with Crippen LogP contribution in [0.1, 0.15) is 132 Å². The van der Waals surface area contributed by atoms with Gasteiger partial charge in [-0.1, -0.05) is 82.4 Å². The largest absolute Gasteiger partial charge is 0.449 e. The fourth-order valence-electron chi connectivity index (χ4n) is 14.5. The van der Waals surface area contributed by atoms with Crippen LogP contribution in [0.25, 0.3) is 0 Å². The Morgan fingerprint density at radius 1 is 1.00 bits per heavy atom. The van der Waals surface area contributed by atoms with Crippen LogP contribution in [0.2, 0.25) is 0 Å². The van der Waals surface area contributed by atoms with Crippen molar-refractivity contribution in [2.75, 3.05) is 32.7 Å². The van der Waals surface area contributed by atoms with Gasteiger partial charge in [-0.3, -0.25) is 9.69 Å². The van der Waals surface area contributed by atoms with Gasteiger partial charge in [-0.05, 0) is 118 Å². The van der Waals surface area contributed by atoms with Crippen LogP contribution in [-0.2, 0) is 26.3 Å². The first-order valence-corrected chi connectivity index (χ1v) is 22.6. The van der Waals surface area contributed by atoms with Gasteiger partial charge in [-0.2, -0.15) is 0 Å². The molecular formula is C48H65N3O4. The van der Waals surface area contributed by atoms with Crippen molar-refractivity contribution < 1.29 is 19.1 Å². The number of esters is 2. The van der Waals surface area contributed by atoms with Crippen molar-refractivity contribution in [3.63, 3.8) is 0 Å². The number of hydrogen-bond donors (Lipinski definition) is 1. The molecule has 3 saturated heterocycles. The molecule has 2 saturated carbocycles. The smallest absolute Gasteiger partial charge is 0.339 e. The Morgan fingerprint density at radius 2 is 1.80 bits per heavy atom. The van der Waals surface area contributed by atoms with Crippen LogP contribution in [0, 0.1) is 52.3 Å². The van der Waals surface area contributed by atoms with Crippen LogP contribution >= 0.6 is 0 Å². The Labute approximate surface area is 329 Å². The molecular weight excluding hydrogens is 683 g/mol. The van der Waals surface area contributed by atoms with Gasteiger partial charge in [0.1, 0.15) is 11.2 Å². The van der Waals surface area contributed by atoms with Crippen LogP contribution in [0.15, 0.2) is 53.5 Å². The minimum absolute atomic E-state index is 0.101. The number of ether oxygens (including phenoxy) is 2. The highest BCUT2D eigenvalue weighted by atomic mass is 16.6. The van der Waals surface area contributed by atoms with E-state index in [-0.39, 0.29) is 17.9 Å². The number of carbonyl (C=O) groups is 2. The van der Waals surface area contributed by atoms with Gasteiger partial charge in [0, 0.05) is 55.3 Å². The maximum absolute atomic E-state index is 15.3. The second-order valence-electron chi connectivity index (χ2n) is 19.9. The fourth-order valence-corrected chi connectivity index (χ4v) is 14.5. The molecule has 4 aliphatic carbocycles. The van der Waals surface area contributed by atoms with Gasteiger partial charge in [0.05, 0.1) is 11.0 Å². The third-order valence-corrected chi connectivity index (χ3v) is 16.9. The Morgan fingerprint density at radius 3 is 2.56 bits per heavy atom. The van der Waals surface area contributed by atoms with Gasteiger partial charge >= 0.3 is 11.9 Å². The molecule has 12 aliphatic rings. The molecule has 8 heterocycles. The number of carbonyl (C=O) groups excluding carboxylic acids is 2. The Bertz CT molecular complexity index is 1810. The summed E-state index contributed by atoms with van der Waals surface area (Å²) in [7, 11) is 0. The number of nitrogens with zero attached hydrogens (tertiary/aromatic N) is 2. The lowest BCUT2D eigenvalue weighted by molar-refractivity contribution is -0.274. The predicted molar refractivity (Wildman–Crippen MR) is 215 cm³/mol. The van der Waals surface area contributed by atoms with Crippen molar-refractivity contribution >= 4 is 11.9 Å². The zero-order valence-electron chi connectivity index (χ0n) is 33.8. The highest BCUT2D eigenvalue weighted by Crippen LogP contribution is 2.85. The molecule has 1 aromatic rings. The SMILES string of the molecule is CCC(C)CC1C23C=C4CCC2(C(=CCC(C2CCCCC2)N2CC5CC(CN(C5)C5=CCC(C)CC45)C2)OC3=O)C12OC(=O)c1c(CCCN)cccc12. The maximum Gasteiger partial charge on any atom is 0.339 e. The Hall–Kier alpha value is -2.90. The number of aryl methyl sites for hydroxylation is 1. The molecule has 8 bridgehead atoms. The number of nitrogens with two attached hydrogens (primary N) is 1. The van der Waals surface area contributed by atoms with Crippen molar-refractivity contribution in [2.24, 2.45) is 58.0 Å². The fraction of sp³-hybridized carbons (Fsp3) is 0.708. The van der Waals surface area contributed by atoms with Crippen molar-refractivity contribution in [1.29, 1.82) is 0 Å². The average molecular weight is 748 g/mol. The van der Waals surface area contributed by atoms with Gasteiger partial charge in [-0.25, -0.2) is 4.79 Å². The van der Waals surface area contributed by atoms with Gasteiger partial charge in [0.2, 0.25) is 0 Å². The molecule has 55 heavy (non-hydrogen) atoms. The van der Waals surface area contributed by atoms with E-state index in [1.54, 1.807) is 0 Å². The van der Waals surface area contributed by atoms with E-state index >= 15 is 4.79 Å². The van der Waals surface area contributed by atoms with Crippen molar-refractivity contribution in [3.05, 3.63) is 70.1 Å². The van der Waals surface area contributed by atoms with E-state index in [1.807, 2.05) is 0 Å². The molecule has 10 unspecified atom stereocenters. The van der Waals surface area contributed by atoms with Crippen LogP contribution < -0.4 is 5.73 Å². The Balaban J connectivity index is 1.20. The molecule has 13 rings (SSSR count). The summed E-state index contributed by atoms with van der Waals surface area (Å²) < 4.78 is 13.9. The summed E-state index contributed by atoms with van der Waals surface area (Å²) in [5, 5.41) is 0. The van der Waals surface area contributed by atoms with Crippen molar-refractivity contribution in [3.8, 4) is 0 Å². The number of rotatable bonds is 7. The van der Waals surface area contributed by atoms with E-state index in [4.69, 9.17) is 15.2 Å². The second kappa shape index (κ2) is 13.6. The molecule has 7 nitrogen and oxygen atoms in total. The van der Waals surface area contributed by atoms with Gasteiger partial charge < -0.3 is 20.1 Å². The van der Waals surface area contributed by atoms with E-state index in [2.05, 4.69) is 67.0 Å². The van der Waals surface area contributed by atoms with Crippen LogP contribution in [0.3, 0.4) is 0 Å². The average Bonchev–Trinajstić information content (AvgIpc) is 3.64. The lowest BCUT2D eigenvalue weighted by atomic mass is 9.31. The van der Waals surface area contributed by atoms with Crippen molar-refractivity contribution in [1.82, 2.24) is 9.80 Å². The van der Waals surface area contributed by atoms with Crippen LogP contribution in [0.5, 0.6) is 0 Å². The summed E-state index contributed by atoms with van der Waals surface area (Å²) in [5.41, 5.74) is 9.15. The van der Waals surface area contributed by atoms with Crippen LogP contribution in [-0.4, -0.2) is 60.5 Å². The summed E-state index contributed by atoms with van der Waals surface area (Å²) in [6.07, 6.45) is 23.5. The summed E-state index contributed by atoms with van der Waals surface area (Å²) in [6, 6.07) is 6.82. The summed E-state index contributed by atoms with van der Waals surface area (Å²) in [4.78, 5) is 35.5. The standard InChI is InChI=1S/C48H65N3O4/c1-4-30(2)23-41-46-25-36-19-20-47(46,48(41)38-14-8-12-35(13-9-21-49)43(38)44(52)55-48)42(54-45(46)53)18-17-39(34-10-6-5-7-11-34)50-26-32-24-33(27-50)29-51(28-32)40-16-15-31(3)22-37(36)40/h8,12,14,16,18,25,30-34,37,39,41H,4-7,9-11,13,15,17,19-24,26-29,49H2,1-3H3. The number of allylic oxidation sites excluding steroid dienone is 2. The summed E-state index contributed by atoms with van der Waals surface area (Å²) in [5.74, 6) is 3.59. The molecule has 10 atom stereocenters. The number of benzene rings is 1. The molecule has 8 aliphatic heterocycles. The van der Waals surface area contributed by atoms with Gasteiger partial charge in [-0.15, -0.1) is 0 Å². The zero-order chi connectivity index (χ0) is 37.7. The molecule has 1 aromatic carbocycles. The molecule has 2 N–H and O–H groups in total. The minimum Gasteiger partial charge on any atom is -0.449 e. The monoisotopic (exact) mass is 747 g/mol. The molecule has 7 heteroatoms. The number of fused-ring (bicyclic) bond motifs is 2. The second-order valence-corrected chi connectivity index (χ2v) is 19.9. The maximum atomic E-state index is 15.3. The predicted octanol–water partition coefficient (Wildman–Crippen LogP) is 8.68. The first kappa shape index (κ1) is 36.4. The molecule has 0 aromatic heterocycles. The van der Waals surface area contributed by atoms with E-state index in [0.29, 0.717) is 48.1 Å². The summed E-state index contributed by atoms with van der Waals surface area (Å²) in [6.45, 7) is 12.2. The normalized spacial score (nSPS) is 40.9. The first-order valence-electron chi connectivity index (χ1n) is 22.6. The van der Waals surface area contributed by atoms with Crippen molar-refractivity contribution in [2.45, 2.75) is 129 Å². The van der Waals surface area contributed by atoms with E-state index in [1.165, 1.54) is 62.9 Å². The zero-order valence-corrected chi connectivity index (χ0v) is 33.8. The first-order chi connectivity index (χ1) is 26.7. The number of hydrogen-bond acceptors (Lipinski definition) is 7. The molecule has 0 amide bonds. The lowest BCUT2D eigenvalue weighted by Crippen LogP contribution is -2.75. The third-order valence-electron chi connectivity index (χ3n) is 16.9. The van der Waals surface area contributed by atoms with E-state index < -0.39 is 16.4 Å². The minimum atomic E-state index is -0.949. The van der Waals surface area contributed by atoms with E-state index in [9.17, 15) is 4.79 Å². The van der Waals surface area contributed by atoms with Crippen LogP contribution in [0.4, 0.5) is 0 Å². The summed E-state index contributed by atoms with van der Waals surface area (Å²) >= 11 is 0. The Kier molecular flexibility index (Phi) is 9.01. The number of piperidine rings is 2. The lowest BCUT2D eigenvalue weighted by Gasteiger charge is -2.69. The molecule has 2 spiro atoms. The van der Waals surface area contributed by atoms with Gasteiger partial charge in [0.15, 0.2) is 5.60 Å². The molecule has 0 radical (unpaired) electrons. The topological polar surface area (TPSA) is 85.1 Å². The quantitative estimate of drug-likeness (QED) is 0.221. The van der Waals surface area contributed by atoms with Gasteiger partial charge in [0.25, 0.3) is 0 Å². The highest BCUT2D eigenvalue weighted by molar-refractivity contribution is 5.99.